The highest BCUT2D eigenvalue weighted by molar-refractivity contribution is 5.94. The van der Waals surface area contributed by atoms with Gasteiger partial charge >= 0.3 is 0 Å². The van der Waals surface area contributed by atoms with E-state index in [2.05, 4.69) is 20.4 Å². The average molecular weight is 192 g/mol. The Kier molecular flexibility index (Phi) is 3.30. The lowest BCUT2D eigenvalue weighted by molar-refractivity contribution is -0.120. The number of ketones is 1. The fourth-order valence-electron chi connectivity index (χ4n) is 2.46. The Bertz CT molecular complexity index is 271. The molecule has 0 radical (unpaired) electrons. The Morgan fingerprint density at radius 2 is 2.21 bits per heavy atom. The second-order valence-electron chi connectivity index (χ2n) is 4.84. The maximum Gasteiger partial charge on any atom is 0.162 e. The fraction of sp³-hybridized carbons (Fsp3) is 0.615. The molecule has 1 heteroatoms. The molecule has 78 valence electrons. The molecule has 1 saturated carbocycles. The monoisotopic (exact) mass is 192 g/mol. The molecule has 1 aliphatic carbocycles. The van der Waals surface area contributed by atoms with Crippen LogP contribution in [0.1, 0.15) is 40.0 Å². The van der Waals surface area contributed by atoms with Crippen LogP contribution in [0.25, 0.3) is 0 Å². The van der Waals surface area contributed by atoms with Crippen molar-refractivity contribution in [2.45, 2.75) is 40.0 Å². The van der Waals surface area contributed by atoms with Crippen LogP contribution in [0.5, 0.6) is 0 Å². The van der Waals surface area contributed by atoms with Crippen LogP contribution in [0, 0.1) is 11.3 Å². The Morgan fingerprint density at radius 3 is 2.71 bits per heavy atom. The van der Waals surface area contributed by atoms with Crippen molar-refractivity contribution in [3.8, 4) is 0 Å². The summed E-state index contributed by atoms with van der Waals surface area (Å²) in [5.41, 5.74) is 1.20. The molecule has 14 heavy (non-hydrogen) atoms. The summed E-state index contributed by atoms with van der Waals surface area (Å²) in [6.45, 7) is 10.3. The van der Waals surface area contributed by atoms with Gasteiger partial charge in [-0.3, -0.25) is 4.79 Å². The van der Waals surface area contributed by atoms with Crippen LogP contribution in [0.15, 0.2) is 24.3 Å². The van der Waals surface area contributed by atoms with E-state index in [0.717, 1.165) is 18.4 Å². The number of rotatable bonds is 2. The molecule has 0 aliphatic heterocycles. The van der Waals surface area contributed by atoms with Gasteiger partial charge in [0.05, 0.1) is 0 Å². The number of allylic oxidation sites excluding steroid dienone is 3. The van der Waals surface area contributed by atoms with Gasteiger partial charge in [-0.05, 0) is 37.7 Å². The molecule has 0 saturated heterocycles. The summed E-state index contributed by atoms with van der Waals surface area (Å²) < 4.78 is 0. The number of hydrogen-bond donors (Lipinski definition) is 0. The molecule has 0 N–H and O–H groups in total. The van der Waals surface area contributed by atoms with E-state index < -0.39 is 0 Å². The maximum atomic E-state index is 11.9. The smallest absolute Gasteiger partial charge is 0.162 e. The van der Waals surface area contributed by atoms with Crippen molar-refractivity contribution >= 4 is 5.78 Å². The lowest BCUT2D eigenvalue weighted by Crippen LogP contribution is -2.34. The van der Waals surface area contributed by atoms with E-state index in [0.29, 0.717) is 0 Å². The maximum absolute atomic E-state index is 11.9. The minimum Gasteiger partial charge on any atom is -0.294 e. The number of hydrogen-bond acceptors (Lipinski definition) is 1. The van der Waals surface area contributed by atoms with Gasteiger partial charge in [0.1, 0.15) is 0 Å². The van der Waals surface area contributed by atoms with Gasteiger partial charge < -0.3 is 0 Å². The molecule has 1 unspecified atom stereocenters. The number of carbonyl (C=O) groups excluding carboxylic acids is 1. The summed E-state index contributed by atoms with van der Waals surface area (Å²) >= 11 is 0. The zero-order valence-corrected chi connectivity index (χ0v) is 9.47. The van der Waals surface area contributed by atoms with Crippen LogP contribution in [-0.4, -0.2) is 5.78 Å². The lowest BCUT2D eigenvalue weighted by Gasteiger charge is -2.38. The highest BCUT2D eigenvalue weighted by atomic mass is 16.1. The average Bonchev–Trinajstić information content (AvgIpc) is 2.02. The molecule has 1 aliphatic rings. The van der Waals surface area contributed by atoms with Crippen LogP contribution in [0.3, 0.4) is 0 Å². The molecule has 1 atom stereocenters. The minimum absolute atomic E-state index is 0.0347. The normalized spacial score (nSPS) is 26.8. The van der Waals surface area contributed by atoms with Crippen LogP contribution in [0.4, 0.5) is 0 Å². The first-order valence-corrected chi connectivity index (χ1v) is 5.33. The summed E-state index contributed by atoms with van der Waals surface area (Å²) in [6, 6.07) is 0. The Morgan fingerprint density at radius 1 is 1.57 bits per heavy atom. The van der Waals surface area contributed by atoms with E-state index in [4.69, 9.17) is 0 Å². The van der Waals surface area contributed by atoms with Crippen molar-refractivity contribution in [3.63, 3.8) is 0 Å². The van der Waals surface area contributed by atoms with Gasteiger partial charge in [0.2, 0.25) is 0 Å². The van der Waals surface area contributed by atoms with Crippen LogP contribution in [0.2, 0.25) is 0 Å². The van der Waals surface area contributed by atoms with Crippen molar-refractivity contribution in [2.24, 2.45) is 11.3 Å². The van der Waals surface area contributed by atoms with Crippen molar-refractivity contribution < 1.29 is 4.79 Å². The van der Waals surface area contributed by atoms with Crippen molar-refractivity contribution in [3.05, 3.63) is 24.3 Å². The number of carbonyl (C=O) groups is 1. The SMILES string of the molecule is C=C1CCCC(C)(C)C1C(=O)/C=C\C. The molecule has 1 rings (SSSR count). The Balaban J connectivity index is 2.90. The molecular weight excluding hydrogens is 172 g/mol. The highest BCUT2D eigenvalue weighted by Crippen LogP contribution is 2.43. The van der Waals surface area contributed by atoms with Crippen molar-refractivity contribution in [1.29, 1.82) is 0 Å². The second-order valence-corrected chi connectivity index (χ2v) is 4.84. The first-order valence-electron chi connectivity index (χ1n) is 5.33. The molecule has 0 amide bonds. The van der Waals surface area contributed by atoms with Gasteiger partial charge in [0, 0.05) is 5.92 Å². The first-order chi connectivity index (χ1) is 6.49. The standard InChI is InChI=1S/C13H20O/c1-5-7-11(14)12-10(2)8-6-9-13(12,3)4/h5,7,12H,2,6,8-9H2,1,3-4H3/b7-5-. The zero-order valence-electron chi connectivity index (χ0n) is 9.47. The lowest BCUT2D eigenvalue weighted by atomic mass is 9.65. The minimum atomic E-state index is 0.0347. The molecule has 0 bridgehead atoms. The molecule has 1 fully saturated rings. The van der Waals surface area contributed by atoms with Crippen molar-refractivity contribution in [2.75, 3.05) is 0 Å². The van der Waals surface area contributed by atoms with Crippen LogP contribution < -0.4 is 0 Å². The molecule has 0 aromatic rings. The largest absolute Gasteiger partial charge is 0.294 e. The van der Waals surface area contributed by atoms with E-state index in [1.165, 1.54) is 6.42 Å². The first kappa shape index (κ1) is 11.2. The second kappa shape index (κ2) is 4.12. The summed E-state index contributed by atoms with van der Waals surface area (Å²) in [4.78, 5) is 11.9. The fourth-order valence-corrected chi connectivity index (χ4v) is 2.46. The molecule has 0 heterocycles. The van der Waals surface area contributed by atoms with Crippen LogP contribution >= 0.6 is 0 Å². The molecule has 0 aromatic carbocycles. The van der Waals surface area contributed by atoms with E-state index >= 15 is 0 Å². The van der Waals surface area contributed by atoms with Gasteiger partial charge in [-0.15, -0.1) is 0 Å². The van der Waals surface area contributed by atoms with E-state index in [9.17, 15) is 4.79 Å². The predicted molar refractivity (Wildman–Crippen MR) is 60.1 cm³/mol. The Hall–Kier alpha value is -0.850. The molecule has 0 aromatic heterocycles. The van der Waals surface area contributed by atoms with Gasteiger partial charge in [0.25, 0.3) is 0 Å². The van der Waals surface area contributed by atoms with Crippen LogP contribution in [-0.2, 0) is 4.79 Å². The highest BCUT2D eigenvalue weighted by Gasteiger charge is 2.38. The topological polar surface area (TPSA) is 17.1 Å². The van der Waals surface area contributed by atoms with Gasteiger partial charge in [-0.1, -0.05) is 32.1 Å². The predicted octanol–water partition coefficient (Wildman–Crippen LogP) is 3.51. The Labute approximate surface area is 86.9 Å². The summed E-state index contributed by atoms with van der Waals surface area (Å²) in [5.74, 6) is 0.259. The molecule has 0 spiro atoms. The van der Waals surface area contributed by atoms with Gasteiger partial charge in [-0.2, -0.15) is 0 Å². The van der Waals surface area contributed by atoms with Gasteiger partial charge in [0.15, 0.2) is 5.78 Å². The van der Waals surface area contributed by atoms with Gasteiger partial charge in [-0.25, -0.2) is 0 Å². The quantitative estimate of drug-likeness (QED) is 0.483. The zero-order chi connectivity index (χ0) is 10.8. The molecular formula is C13H20O. The van der Waals surface area contributed by atoms with E-state index in [1.54, 1.807) is 6.08 Å². The summed E-state index contributed by atoms with van der Waals surface area (Å²) in [6.07, 6.45) is 6.81. The van der Waals surface area contributed by atoms with E-state index in [1.807, 2.05) is 13.0 Å². The third-order valence-corrected chi connectivity index (χ3v) is 3.12. The summed E-state index contributed by atoms with van der Waals surface area (Å²) in [7, 11) is 0. The third kappa shape index (κ3) is 2.14. The third-order valence-electron chi connectivity index (χ3n) is 3.12. The molecule has 1 nitrogen and oxygen atoms in total. The van der Waals surface area contributed by atoms with E-state index in [-0.39, 0.29) is 17.1 Å². The summed E-state index contributed by atoms with van der Waals surface area (Å²) in [5, 5.41) is 0. The van der Waals surface area contributed by atoms with Crippen molar-refractivity contribution in [1.82, 2.24) is 0 Å².